The number of aromatic hydroxyl groups is 1. The van der Waals surface area contributed by atoms with E-state index in [0.29, 0.717) is 26.1 Å². The molecule has 5 heteroatoms. The second-order valence-electron chi connectivity index (χ2n) is 5.31. The number of amides is 1. The smallest absolute Gasteiger partial charge is 0.240 e. The van der Waals surface area contributed by atoms with Gasteiger partial charge in [0.05, 0.1) is 12.1 Å². The second-order valence-corrected chi connectivity index (χ2v) is 5.31. The molecule has 3 rings (SSSR count). The molecule has 2 aliphatic rings. The van der Waals surface area contributed by atoms with E-state index in [1.807, 2.05) is 6.07 Å². The summed E-state index contributed by atoms with van der Waals surface area (Å²) in [6, 6.07) is 5.06. The van der Waals surface area contributed by atoms with Crippen LogP contribution in [0.4, 0.5) is 0 Å². The van der Waals surface area contributed by atoms with Crippen LogP contribution in [0.3, 0.4) is 0 Å². The zero-order valence-electron chi connectivity index (χ0n) is 10.7. The van der Waals surface area contributed by atoms with Crippen molar-refractivity contribution in [3.05, 3.63) is 29.3 Å². The highest BCUT2D eigenvalue weighted by atomic mass is 16.3. The van der Waals surface area contributed by atoms with Crippen molar-refractivity contribution in [2.24, 2.45) is 0 Å². The first-order valence-electron chi connectivity index (χ1n) is 6.64. The number of hydrogen-bond acceptors (Lipinski definition) is 4. The van der Waals surface area contributed by atoms with Gasteiger partial charge in [-0.15, -0.1) is 0 Å². The van der Waals surface area contributed by atoms with Crippen LogP contribution in [0.5, 0.6) is 5.75 Å². The lowest BCUT2D eigenvalue weighted by Gasteiger charge is -2.31. The number of fused-ring (bicyclic) bond motifs is 1. The third kappa shape index (κ3) is 2.43. The van der Waals surface area contributed by atoms with Gasteiger partial charge in [0.15, 0.2) is 0 Å². The third-order valence-corrected chi connectivity index (χ3v) is 3.92. The van der Waals surface area contributed by atoms with Crippen molar-refractivity contribution >= 4 is 5.91 Å². The fraction of sp³-hybridized carbons (Fsp3) is 0.500. The molecule has 0 aliphatic carbocycles. The Labute approximate surface area is 111 Å². The second kappa shape index (κ2) is 4.83. The van der Waals surface area contributed by atoms with E-state index in [1.165, 1.54) is 5.56 Å². The summed E-state index contributed by atoms with van der Waals surface area (Å²) < 4.78 is 0. The zero-order chi connectivity index (χ0) is 13.4. The Morgan fingerprint density at radius 2 is 2.21 bits per heavy atom. The Morgan fingerprint density at radius 3 is 2.95 bits per heavy atom. The number of phenols is 1. The molecule has 2 heterocycles. The van der Waals surface area contributed by atoms with Crippen molar-refractivity contribution < 1.29 is 15.0 Å². The summed E-state index contributed by atoms with van der Waals surface area (Å²) in [5.74, 6) is 0.285. The average molecular weight is 262 g/mol. The number of carbonyl (C=O) groups is 1. The quantitative estimate of drug-likeness (QED) is 0.666. The lowest BCUT2D eigenvalue weighted by atomic mass is 9.98. The summed E-state index contributed by atoms with van der Waals surface area (Å²) in [5, 5.41) is 22.0. The highest BCUT2D eigenvalue weighted by Gasteiger charge is 2.32. The summed E-state index contributed by atoms with van der Waals surface area (Å²) in [6.07, 6.45) is 0.883. The van der Waals surface area contributed by atoms with Crippen LogP contribution in [0, 0.1) is 0 Å². The number of hydrogen-bond donors (Lipinski definition) is 3. The molecule has 2 aliphatic heterocycles. The first-order chi connectivity index (χ1) is 9.13. The molecule has 1 saturated heterocycles. The molecule has 0 radical (unpaired) electrons. The van der Waals surface area contributed by atoms with Gasteiger partial charge in [0.1, 0.15) is 5.75 Å². The molecule has 3 N–H and O–H groups in total. The Balaban J connectivity index is 1.73. The van der Waals surface area contributed by atoms with Gasteiger partial charge in [0.2, 0.25) is 5.91 Å². The standard InChI is InChI=1S/C14H18N2O3/c17-11-2-1-9-3-4-16(8-10(9)5-11)14(19)13-6-12(18)7-15-13/h1-2,5,12-13,15,17-18H,3-4,6-8H2/t12-,13-/m0/s1. The Hall–Kier alpha value is -1.59. The molecule has 1 fully saturated rings. The molecule has 1 aromatic rings. The van der Waals surface area contributed by atoms with Gasteiger partial charge in [0.25, 0.3) is 0 Å². The Kier molecular flexibility index (Phi) is 3.16. The van der Waals surface area contributed by atoms with Gasteiger partial charge in [-0.3, -0.25) is 4.79 Å². The summed E-state index contributed by atoms with van der Waals surface area (Å²) in [6.45, 7) is 1.73. The van der Waals surface area contributed by atoms with Crippen molar-refractivity contribution in [2.75, 3.05) is 13.1 Å². The predicted molar refractivity (Wildman–Crippen MR) is 69.6 cm³/mol. The molecule has 2 atom stereocenters. The van der Waals surface area contributed by atoms with E-state index in [4.69, 9.17) is 0 Å². The number of carbonyl (C=O) groups excluding carboxylic acids is 1. The molecule has 19 heavy (non-hydrogen) atoms. The van der Waals surface area contributed by atoms with Gasteiger partial charge in [-0.25, -0.2) is 0 Å². The number of nitrogens with zero attached hydrogens (tertiary/aromatic N) is 1. The van der Waals surface area contributed by atoms with E-state index >= 15 is 0 Å². The Bertz CT molecular complexity index is 503. The average Bonchev–Trinajstić information content (AvgIpc) is 2.83. The summed E-state index contributed by atoms with van der Waals surface area (Å²) in [5.41, 5.74) is 2.21. The van der Waals surface area contributed by atoms with E-state index < -0.39 is 6.10 Å². The minimum absolute atomic E-state index is 0.0468. The monoisotopic (exact) mass is 262 g/mol. The van der Waals surface area contributed by atoms with Gasteiger partial charge in [-0.05, 0) is 36.1 Å². The molecule has 0 spiro atoms. The minimum Gasteiger partial charge on any atom is -0.508 e. The molecule has 1 amide bonds. The third-order valence-electron chi connectivity index (χ3n) is 3.92. The molecule has 102 valence electrons. The summed E-state index contributed by atoms with van der Waals surface area (Å²) in [4.78, 5) is 14.1. The maximum Gasteiger partial charge on any atom is 0.240 e. The maximum atomic E-state index is 12.3. The number of aliphatic hydroxyl groups excluding tert-OH is 1. The van der Waals surface area contributed by atoms with Crippen LogP contribution in [0.1, 0.15) is 17.5 Å². The van der Waals surface area contributed by atoms with Crippen LogP contribution in [0.15, 0.2) is 18.2 Å². The number of nitrogens with one attached hydrogen (secondary N) is 1. The van der Waals surface area contributed by atoms with Gasteiger partial charge in [-0.2, -0.15) is 0 Å². The zero-order valence-corrected chi connectivity index (χ0v) is 10.7. The summed E-state index contributed by atoms with van der Waals surface area (Å²) >= 11 is 0. The van der Waals surface area contributed by atoms with Crippen LogP contribution in [-0.2, 0) is 17.8 Å². The molecular weight excluding hydrogens is 244 g/mol. The molecule has 0 saturated carbocycles. The lowest BCUT2D eigenvalue weighted by molar-refractivity contribution is -0.134. The largest absolute Gasteiger partial charge is 0.508 e. The first-order valence-corrected chi connectivity index (χ1v) is 6.64. The molecule has 5 nitrogen and oxygen atoms in total. The van der Waals surface area contributed by atoms with E-state index in [2.05, 4.69) is 5.32 Å². The number of β-amino-alcohol motifs (C(OH)–C–C–N with tert-alkyl or cyclic N) is 1. The SMILES string of the molecule is O=C([C@@H]1C[C@H](O)CN1)N1CCc2ccc(O)cc2C1. The van der Waals surface area contributed by atoms with Gasteiger partial charge < -0.3 is 20.4 Å². The van der Waals surface area contributed by atoms with Gasteiger partial charge in [-0.1, -0.05) is 6.07 Å². The molecule has 0 aromatic heterocycles. The van der Waals surface area contributed by atoms with Crippen LogP contribution in [0.25, 0.3) is 0 Å². The highest BCUT2D eigenvalue weighted by Crippen LogP contribution is 2.24. The van der Waals surface area contributed by atoms with Crippen molar-refractivity contribution in [3.8, 4) is 5.75 Å². The number of aliphatic hydroxyl groups is 1. The normalized spacial score (nSPS) is 26.3. The van der Waals surface area contributed by atoms with Crippen molar-refractivity contribution in [1.82, 2.24) is 10.2 Å². The Morgan fingerprint density at radius 1 is 1.37 bits per heavy atom. The van der Waals surface area contributed by atoms with Gasteiger partial charge >= 0.3 is 0 Å². The van der Waals surface area contributed by atoms with Crippen molar-refractivity contribution in [1.29, 1.82) is 0 Å². The van der Waals surface area contributed by atoms with Crippen LogP contribution in [-0.4, -0.2) is 46.3 Å². The van der Waals surface area contributed by atoms with Crippen LogP contribution < -0.4 is 5.32 Å². The van der Waals surface area contributed by atoms with Crippen LogP contribution >= 0.6 is 0 Å². The maximum absolute atomic E-state index is 12.3. The lowest BCUT2D eigenvalue weighted by Crippen LogP contribution is -2.45. The predicted octanol–water partition coefficient (Wildman–Crippen LogP) is -0.000300. The first kappa shape index (κ1) is 12.4. The topological polar surface area (TPSA) is 72.8 Å². The fourth-order valence-corrected chi connectivity index (χ4v) is 2.86. The molecule has 1 aromatic carbocycles. The van der Waals surface area contributed by atoms with Crippen molar-refractivity contribution in [2.45, 2.75) is 31.5 Å². The van der Waals surface area contributed by atoms with E-state index in [-0.39, 0.29) is 17.7 Å². The molecule has 0 unspecified atom stereocenters. The number of rotatable bonds is 1. The number of benzene rings is 1. The molecule has 0 bridgehead atoms. The highest BCUT2D eigenvalue weighted by molar-refractivity contribution is 5.82. The van der Waals surface area contributed by atoms with E-state index in [9.17, 15) is 15.0 Å². The number of phenolic OH excluding ortho intramolecular Hbond substituents is 1. The summed E-state index contributed by atoms with van der Waals surface area (Å²) in [7, 11) is 0. The fourth-order valence-electron chi connectivity index (χ4n) is 2.86. The van der Waals surface area contributed by atoms with Crippen LogP contribution in [0.2, 0.25) is 0 Å². The van der Waals surface area contributed by atoms with Gasteiger partial charge in [0, 0.05) is 19.6 Å². The van der Waals surface area contributed by atoms with E-state index in [0.717, 1.165) is 12.0 Å². The van der Waals surface area contributed by atoms with E-state index in [1.54, 1.807) is 17.0 Å². The minimum atomic E-state index is -0.421. The molecular formula is C14H18N2O3. The van der Waals surface area contributed by atoms with Crippen molar-refractivity contribution in [3.63, 3.8) is 0 Å².